The predicted octanol–water partition coefficient (Wildman–Crippen LogP) is 14.2. The second kappa shape index (κ2) is 16.6. The van der Waals surface area contributed by atoms with E-state index in [-0.39, 0.29) is 30.1 Å². The van der Waals surface area contributed by atoms with Crippen molar-refractivity contribution in [1.29, 1.82) is 0 Å². The monoisotopic (exact) mass is 906 g/mol. The minimum absolute atomic E-state index is 0.0207. The van der Waals surface area contributed by atoms with Crippen LogP contribution in [0.5, 0.6) is 11.5 Å². The Kier molecular flexibility index (Phi) is 9.68. The maximum Gasteiger partial charge on any atom is 0.164 e. The number of allylic oxidation sites excluding steroid dienone is 13. The SMILES string of the molecule is CC1C=C(c2nc(-c3ccc(C4C=CC=CC4)cc3)nc(-c3ccc4c(c3)OC3C=CC(C5C(N6c7ccccc7C7=CC(c8ccccc8)=CCC76)=CC=C6c7ccccc7OC65)=CC43)n2)C=CC1. The molecule has 0 saturated carbocycles. The Hall–Kier alpha value is -8.09. The average Bonchev–Trinajstić information content (AvgIpc) is 4.10. The summed E-state index contributed by atoms with van der Waals surface area (Å²) in [5.41, 5.74) is 16.7. The summed E-state index contributed by atoms with van der Waals surface area (Å²) in [6.45, 7) is 2.24. The predicted molar refractivity (Wildman–Crippen MR) is 282 cm³/mol. The fourth-order valence-electron chi connectivity index (χ4n) is 12.0. The Morgan fingerprint density at radius 1 is 0.600 bits per heavy atom. The van der Waals surface area contributed by atoms with Crippen molar-refractivity contribution in [2.75, 3.05) is 4.90 Å². The van der Waals surface area contributed by atoms with Gasteiger partial charge in [-0.2, -0.15) is 0 Å². The van der Waals surface area contributed by atoms with Crippen LogP contribution in [0.15, 0.2) is 218 Å². The van der Waals surface area contributed by atoms with Gasteiger partial charge in [0, 0.05) is 62.2 Å². The third-order valence-electron chi connectivity index (χ3n) is 15.4. The zero-order valence-corrected chi connectivity index (χ0v) is 38.9. The number of fused-ring (bicyclic) bond motifs is 9. The van der Waals surface area contributed by atoms with Gasteiger partial charge < -0.3 is 14.4 Å². The maximum atomic E-state index is 7.04. The van der Waals surface area contributed by atoms with Gasteiger partial charge in [0.05, 0.1) is 12.0 Å². The van der Waals surface area contributed by atoms with Crippen molar-refractivity contribution >= 4 is 28.0 Å². The highest BCUT2D eigenvalue weighted by Gasteiger charge is 2.47. The average molecular weight is 907 g/mol. The van der Waals surface area contributed by atoms with Crippen LogP contribution in [0.4, 0.5) is 5.69 Å². The lowest BCUT2D eigenvalue weighted by Crippen LogP contribution is -2.41. The Balaban J connectivity index is 0.823. The van der Waals surface area contributed by atoms with Crippen LogP contribution in [-0.2, 0) is 0 Å². The lowest BCUT2D eigenvalue weighted by atomic mass is 9.76. The normalized spacial score (nSPS) is 25.1. The fraction of sp³-hybridized carbons (Fsp3) is 0.172. The van der Waals surface area contributed by atoms with Crippen LogP contribution >= 0.6 is 0 Å². The van der Waals surface area contributed by atoms with Crippen LogP contribution in [0.3, 0.4) is 0 Å². The first-order chi connectivity index (χ1) is 34.6. The largest absolute Gasteiger partial charge is 0.485 e. The molecule has 0 fully saturated rings. The fourth-order valence-corrected chi connectivity index (χ4v) is 12.0. The topological polar surface area (TPSA) is 60.4 Å². The van der Waals surface area contributed by atoms with E-state index in [1.807, 2.05) is 0 Å². The zero-order valence-electron chi connectivity index (χ0n) is 38.9. The second-order valence-corrected chi connectivity index (χ2v) is 19.7. The molecular weight excluding hydrogens is 857 g/mol. The molecule has 8 aliphatic rings. The van der Waals surface area contributed by atoms with Gasteiger partial charge in [0.15, 0.2) is 17.5 Å². The first-order valence-corrected chi connectivity index (χ1v) is 24.9. The number of benzene rings is 5. The number of nitrogens with zero attached hydrogens (tertiary/aromatic N) is 4. The molecule has 4 heterocycles. The summed E-state index contributed by atoms with van der Waals surface area (Å²) >= 11 is 0. The van der Waals surface area contributed by atoms with Gasteiger partial charge in [-0.3, -0.25) is 0 Å². The van der Waals surface area contributed by atoms with Crippen LogP contribution < -0.4 is 14.4 Å². The van der Waals surface area contributed by atoms with E-state index in [0.29, 0.717) is 29.3 Å². The van der Waals surface area contributed by atoms with Gasteiger partial charge in [-0.15, -0.1) is 0 Å². The number of hydrogen-bond donors (Lipinski definition) is 0. The molecule has 14 rings (SSSR count). The van der Waals surface area contributed by atoms with Gasteiger partial charge in [-0.1, -0.05) is 177 Å². The highest BCUT2D eigenvalue weighted by atomic mass is 16.5. The van der Waals surface area contributed by atoms with E-state index in [9.17, 15) is 0 Å². The summed E-state index contributed by atoms with van der Waals surface area (Å²) in [4.78, 5) is 18.0. The number of hydrogen-bond acceptors (Lipinski definition) is 6. The summed E-state index contributed by atoms with van der Waals surface area (Å²) in [7, 11) is 0. The lowest BCUT2D eigenvalue weighted by molar-refractivity contribution is 0.233. The van der Waals surface area contributed by atoms with Gasteiger partial charge in [-0.05, 0) is 89.5 Å². The Morgan fingerprint density at radius 2 is 1.40 bits per heavy atom. The summed E-state index contributed by atoms with van der Waals surface area (Å²) < 4.78 is 13.9. The Labute approximate surface area is 409 Å². The van der Waals surface area contributed by atoms with E-state index in [1.54, 1.807) is 0 Å². The lowest BCUT2D eigenvalue weighted by Gasteiger charge is -2.40. The maximum absolute atomic E-state index is 7.04. The van der Waals surface area contributed by atoms with Gasteiger partial charge in [0.25, 0.3) is 0 Å². The highest BCUT2D eigenvalue weighted by molar-refractivity contribution is 5.97. The zero-order chi connectivity index (χ0) is 46.3. The quantitative estimate of drug-likeness (QED) is 0.159. The first kappa shape index (κ1) is 40.9. The molecule has 0 N–H and O–H groups in total. The van der Waals surface area contributed by atoms with Crippen molar-refractivity contribution in [3.8, 4) is 34.3 Å². The van der Waals surface area contributed by atoms with E-state index >= 15 is 0 Å². The van der Waals surface area contributed by atoms with Crippen molar-refractivity contribution in [2.24, 2.45) is 11.8 Å². The molecule has 0 saturated heterocycles. The third kappa shape index (κ3) is 6.87. The summed E-state index contributed by atoms with van der Waals surface area (Å²) in [5.74, 6) is 4.50. The van der Waals surface area contributed by atoms with E-state index in [1.165, 1.54) is 55.9 Å². The van der Waals surface area contributed by atoms with E-state index < -0.39 is 0 Å². The molecule has 5 aromatic carbocycles. The molecule has 0 radical (unpaired) electrons. The van der Waals surface area contributed by atoms with Gasteiger partial charge in [0.2, 0.25) is 0 Å². The molecule has 6 heteroatoms. The third-order valence-corrected chi connectivity index (χ3v) is 15.4. The molecule has 0 spiro atoms. The molecule has 0 amide bonds. The van der Waals surface area contributed by atoms with Gasteiger partial charge >= 0.3 is 0 Å². The Morgan fingerprint density at radius 3 is 2.26 bits per heavy atom. The van der Waals surface area contributed by atoms with Crippen molar-refractivity contribution in [1.82, 2.24) is 15.0 Å². The van der Waals surface area contributed by atoms with Crippen LogP contribution in [0.1, 0.15) is 71.7 Å². The van der Waals surface area contributed by atoms with Crippen molar-refractivity contribution in [3.63, 3.8) is 0 Å². The molecule has 6 aromatic rings. The molecule has 338 valence electrons. The van der Waals surface area contributed by atoms with Gasteiger partial charge in [0.1, 0.15) is 23.7 Å². The summed E-state index contributed by atoms with van der Waals surface area (Å²) in [5, 5.41) is 0. The second-order valence-electron chi connectivity index (χ2n) is 19.7. The van der Waals surface area contributed by atoms with E-state index in [2.05, 4.69) is 218 Å². The molecule has 0 bridgehead atoms. The van der Waals surface area contributed by atoms with Crippen molar-refractivity contribution in [2.45, 2.75) is 56.3 Å². The van der Waals surface area contributed by atoms with Crippen LogP contribution in [-0.4, -0.2) is 33.2 Å². The number of ether oxygens (including phenoxy) is 2. The minimum atomic E-state index is -0.185. The summed E-state index contributed by atoms with van der Waals surface area (Å²) in [6, 6.07) is 43.6. The molecule has 3 aliphatic heterocycles. The van der Waals surface area contributed by atoms with Crippen molar-refractivity contribution < 1.29 is 9.47 Å². The number of para-hydroxylation sites is 2. The first-order valence-electron chi connectivity index (χ1n) is 24.9. The highest BCUT2D eigenvalue weighted by Crippen LogP contribution is 2.55. The van der Waals surface area contributed by atoms with Crippen molar-refractivity contribution in [3.05, 3.63) is 251 Å². The standard InChI is InChI=1S/C64H50N4O2/c1-39-13-12-18-46(35-39)63-65-62(43-25-23-42(24-26-43)40-14-4-2-5-15-40)66-64(67-63)47-27-30-50-53-37-45(29-34-58(53)69-59(50)38-47)60-56(33-31-51-49-20-9-11-22-57(49)70-61(51)60)68-54-21-10-8-19-48(54)52-36-44(28-32-55(52)68)41-16-6-3-7-17-41/h2-12,14,16-31,33-40,53,55,58,60-61H,13,15,32H2,1H3. The molecule has 7 atom stereocenters. The van der Waals surface area contributed by atoms with Crippen LogP contribution in [0, 0.1) is 11.8 Å². The molecule has 5 aliphatic carbocycles. The molecule has 1 aromatic heterocycles. The smallest absolute Gasteiger partial charge is 0.164 e. The van der Waals surface area contributed by atoms with E-state index in [0.717, 1.165) is 53.0 Å². The summed E-state index contributed by atoms with van der Waals surface area (Å²) in [6.07, 6.45) is 34.5. The number of anilines is 1. The van der Waals surface area contributed by atoms with Gasteiger partial charge in [-0.25, -0.2) is 15.0 Å². The van der Waals surface area contributed by atoms with Crippen LogP contribution in [0.25, 0.3) is 45.1 Å². The van der Waals surface area contributed by atoms with E-state index in [4.69, 9.17) is 24.4 Å². The molecule has 70 heavy (non-hydrogen) atoms. The molecule has 6 nitrogen and oxygen atoms in total. The Bertz CT molecular complexity index is 3470. The number of aromatic nitrogens is 3. The van der Waals surface area contributed by atoms with Crippen LogP contribution in [0.2, 0.25) is 0 Å². The number of rotatable bonds is 7. The minimum Gasteiger partial charge on any atom is -0.485 e. The molecular formula is C64H50N4O2. The molecule has 7 unspecified atom stereocenters.